The Morgan fingerprint density at radius 1 is 1.50 bits per heavy atom. The summed E-state index contributed by atoms with van der Waals surface area (Å²) in [5.41, 5.74) is 0.755. The molecule has 1 aliphatic rings. The Labute approximate surface area is 108 Å². The van der Waals surface area contributed by atoms with Gasteiger partial charge in [0.25, 0.3) is 0 Å². The van der Waals surface area contributed by atoms with E-state index < -0.39 is 0 Å². The van der Waals surface area contributed by atoms with Crippen LogP contribution in [0, 0.1) is 0 Å². The van der Waals surface area contributed by atoms with Crippen LogP contribution in [0.15, 0.2) is 24.5 Å². The highest BCUT2D eigenvalue weighted by Gasteiger charge is 2.39. The Hall–Kier alpha value is -1.42. The minimum absolute atomic E-state index is 0.138. The van der Waals surface area contributed by atoms with E-state index in [9.17, 15) is 4.79 Å². The zero-order valence-corrected chi connectivity index (χ0v) is 10.9. The van der Waals surface area contributed by atoms with E-state index >= 15 is 0 Å². The Morgan fingerprint density at radius 3 is 2.89 bits per heavy atom. The Balaban J connectivity index is 1.94. The van der Waals surface area contributed by atoms with Gasteiger partial charge in [-0.05, 0) is 43.5 Å². The Morgan fingerprint density at radius 2 is 2.28 bits per heavy atom. The maximum atomic E-state index is 12.3. The van der Waals surface area contributed by atoms with E-state index in [0.29, 0.717) is 6.54 Å². The number of hydrogen-bond donors (Lipinski definition) is 2. The lowest BCUT2D eigenvalue weighted by Crippen LogP contribution is -2.53. The lowest BCUT2D eigenvalue weighted by atomic mass is 9.91. The van der Waals surface area contributed by atoms with Gasteiger partial charge in [0.1, 0.15) is 0 Å². The van der Waals surface area contributed by atoms with Crippen LogP contribution in [-0.2, 0) is 11.3 Å². The predicted molar refractivity (Wildman–Crippen MR) is 71.0 cm³/mol. The molecule has 1 aromatic heterocycles. The van der Waals surface area contributed by atoms with Gasteiger partial charge in [-0.1, -0.05) is 13.3 Å². The summed E-state index contributed by atoms with van der Waals surface area (Å²) in [6.07, 6.45) is 7.46. The molecule has 1 atom stereocenters. The molecule has 2 N–H and O–H groups in total. The molecule has 2 heterocycles. The second kappa shape index (κ2) is 5.96. The first-order valence-electron chi connectivity index (χ1n) is 6.69. The lowest BCUT2D eigenvalue weighted by molar-refractivity contribution is -0.127. The standard InChI is InChI=1S/C14H21N3O/c1-2-6-14(7-3-8-17-14)13(18)16-11-12-4-9-15-10-5-12/h4-5,9-10,17H,2-3,6-8,11H2,1H3,(H,16,18). The molecule has 1 aromatic rings. The predicted octanol–water partition coefficient (Wildman–Crippen LogP) is 1.62. The van der Waals surface area contributed by atoms with Gasteiger partial charge in [0, 0.05) is 18.9 Å². The minimum Gasteiger partial charge on any atom is -0.350 e. The molecule has 0 aromatic carbocycles. The number of rotatable bonds is 5. The normalized spacial score (nSPS) is 22.9. The molecule has 0 saturated carbocycles. The second-order valence-corrected chi connectivity index (χ2v) is 4.90. The minimum atomic E-state index is -0.332. The smallest absolute Gasteiger partial charge is 0.240 e. The average molecular weight is 247 g/mol. The van der Waals surface area contributed by atoms with Gasteiger partial charge in [-0.2, -0.15) is 0 Å². The third-order valence-electron chi connectivity index (χ3n) is 3.56. The van der Waals surface area contributed by atoms with Crippen molar-refractivity contribution in [1.29, 1.82) is 0 Å². The highest BCUT2D eigenvalue weighted by atomic mass is 16.2. The number of aromatic nitrogens is 1. The molecule has 0 aliphatic carbocycles. The van der Waals surface area contributed by atoms with Crippen molar-refractivity contribution in [2.24, 2.45) is 0 Å². The first-order valence-corrected chi connectivity index (χ1v) is 6.69. The van der Waals surface area contributed by atoms with Crippen molar-refractivity contribution in [2.75, 3.05) is 6.54 Å². The largest absolute Gasteiger partial charge is 0.350 e. The Kier molecular flexibility index (Phi) is 4.31. The molecule has 98 valence electrons. The van der Waals surface area contributed by atoms with Crippen LogP contribution >= 0.6 is 0 Å². The van der Waals surface area contributed by atoms with E-state index in [1.54, 1.807) is 12.4 Å². The lowest BCUT2D eigenvalue weighted by Gasteiger charge is -2.27. The van der Waals surface area contributed by atoms with Gasteiger partial charge in [-0.3, -0.25) is 9.78 Å². The van der Waals surface area contributed by atoms with Crippen LogP contribution in [0.3, 0.4) is 0 Å². The molecule has 18 heavy (non-hydrogen) atoms. The molecular formula is C14H21N3O. The van der Waals surface area contributed by atoms with E-state index in [4.69, 9.17) is 0 Å². The van der Waals surface area contributed by atoms with Crippen molar-refractivity contribution >= 4 is 5.91 Å². The molecule has 4 heteroatoms. The van der Waals surface area contributed by atoms with Crippen molar-refractivity contribution in [3.63, 3.8) is 0 Å². The summed E-state index contributed by atoms with van der Waals surface area (Å²) in [6.45, 7) is 3.65. The fourth-order valence-electron chi connectivity index (χ4n) is 2.61. The summed E-state index contributed by atoms with van der Waals surface area (Å²) in [4.78, 5) is 16.3. The highest BCUT2D eigenvalue weighted by Crippen LogP contribution is 2.24. The molecule has 2 rings (SSSR count). The van der Waals surface area contributed by atoms with E-state index in [1.165, 1.54) is 0 Å². The Bertz CT molecular complexity index is 385. The molecular weight excluding hydrogens is 226 g/mol. The third-order valence-corrected chi connectivity index (χ3v) is 3.56. The molecule has 0 spiro atoms. The van der Waals surface area contributed by atoms with Crippen LogP contribution < -0.4 is 10.6 Å². The topological polar surface area (TPSA) is 54.0 Å². The van der Waals surface area contributed by atoms with Crippen LogP contribution in [0.4, 0.5) is 0 Å². The number of carbonyl (C=O) groups is 1. The van der Waals surface area contributed by atoms with Crippen molar-refractivity contribution in [1.82, 2.24) is 15.6 Å². The quantitative estimate of drug-likeness (QED) is 0.831. The van der Waals surface area contributed by atoms with Gasteiger partial charge in [0.15, 0.2) is 0 Å². The summed E-state index contributed by atoms with van der Waals surface area (Å²) >= 11 is 0. The molecule has 1 amide bonds. The molecule has 1 saturated heterocycles. The molecule has 0 bridgehead atoms. The number of carbonyl (C=O) groups excluding carboxylic acids is 1. The SMILES string of the molecule is CCCC1(C(=O)NCc2ccncc2)CCCN1. The van der Waals surface area contributed by atoms with Crippen LogP contribution in [0.25, 0.3) is 0 Å². The maximum Gasteiger partial charge on any atom is 0.240 e. The monoisotopic (exact) mass is 247 g/mol. The summed E-state index contributed by atoms with van der Waals surface area (Å²) in [7, 11) is 0. The molecule has 1 unspecified atom stereocenters. The average Bonchev–Trinajstić information content (AvgIpc) is 2.87. The number of nitrogens with zero attached hydrogens (tertiary/aromatic N) is 1. The van der Waals surface area contributed by atoms with Gasteiger partial charge < -0.3 is 10.6 Å². The van der Waals surface area contributed by atoms with E-state index in [0.717, 1.165) is 37.8 Å². The molecule has 0 radical (unpaired) electrons. The molecule has 4 nitrogen and oxygen atoms in total. The van der Waals surface area contributed by atoms with E-state index in [2.05, 4.69) is 22.5 Å². The summed E-state index contributed by atoms with van der Waals surface area (Å²) in [5.74, 6) is 0.138. The summed E-state index contributed by atoms with van der Waals surface area (Å²) < 4.78 is 0. The van der Waals surface area contributed by atoms with Gasteiger partial charge in [0.05, 0.1) is 5.54 Å². The zero-order chi connectivity index (χ0) is 12.8. The van der Waals surface area contributed by atoms with Crippen molar-refractivity contribution in [2.45, 2.75) is 44.7 Å². The van der Waals surface area contributed by atoms with E-state index in [1.807, 2.05) is 12.1 Å². The first kappa shape index (κ1) is 13.0. The van der Waals surface area contributed by atoms with Gasteiger partial charge in [-0.15, -0.1) is 0 Å². The van der Waals surface area contributed by atoms with Crippen molar-refractivity contribution in [3.05, 3.63) is 30.1 Å². The van der Waals surface area contributed by atoms with Crippen LogP contribution in [0.1, 0.15) is 38.2 Å². The number of nitrogens with one attached hydrogen (secondary N) is 2. The zero-order valence-electron chi connectivity index (χ0n) is 10.9. The van der Waals surface area contributed by atoms with Crippen molar-refractivity contribution < 1.29 is 4.79 Å². The fourth-order valence-corrected chi connectivity index (χ4v) is 2.61. The van der Waals surface area contributed by atoms with E-state index in [-0.39, 0.29) is 11.4 Å². The third kappa shape index (κ3) is 2.88. The first-order chi connectivity index (χ1) is 8.77. The maximum absolute atomic E-state index is 12.3. The number of pyridine rings is 1. The summed E-state index contributed by atoms with van der Waals surface area (Å²) in [6, 6.07) is 3.85. The van der Waals surface area contributed by atoms with Crippen LogP contribution in [-0.4, -0.2) is 23.0 Å². The van der Waals surface area contributed by atoms with Crippen LogP contribution in [0.5, 0.6) is 0 Å². The number of amides is 1. The highest BCUT2D eigenvalue weighted by molar-refractivity contribution is 5.86. The number of hydrogen-bond acceptors (Lipinski definition) is 3. The van der Waals surface area contributed by atoms with Gasteiger partial charge >= 0.3 is 0 Å². The fraction of sp³-hybridized carbons (Fsp3) is 0.571. The molecule has 1 aliphatic heterocycles. The van der Waals surface area contributed by atoms with Gasteiger partial charge in [0.2, 0.25) is 5.91 Å². The molecule has 1 fully saturated rings. The van der Waals surface area contributed by atoms with Crippen molar-refractivity contribution in [3.8, 4) is 0 Å². The second-order valence-electron chi connectivity index (χ2n) is 4.90. The summed E-state index contributed by atoms with van der Waals surface area (Å²) in [5, 5.41) is 6.42. The van der Waals surface area contributed by atoms with Gasteiger partial charge in [-0.25, -0.2) is 0 Å². The van der Waals surface area contributed by atoms with Crippen LogP contribution in [0.2, 0.25) is 0 Å².